The highest BCUT2D eigenvalue weighted by Crippen LogP contribution is 2.36. The lowest BCUT2D eigenvalue weighted by Gasteiger charge is -2.31. The molecule has 1 aliphatic carbocycles. The van der Waals surface area contributed by atoms with E-state index >= 15 is 0 Å². The molecule has 1 aliphatic rings. The summed E-state index contributed by atoms with van der Waals surface area (Å²) in [6, 6.07) is 12.6. The second-order valence-electron chi connectivity index (χ2n) is 9.78. The van der Waals surface area contributed by atoms with E-state index in [0.717, 1.165) is 28.0 Å². The van der Waals surface area contributed by atoms with Gasteiger partial charge in [0.25, 0.3) is 0 Å². The summed E-state index contributed by atoms with van der Waals surface area (Å²) in [7, 11) is -4.01. The van der Waals surface area contributed by atoms with Crippen LogP contribution < -0.4 is 15.8 Å². The maximum absolute atomic E-state index is 14.3. The number of alkyl carbamates (subject to hydrolysis) is 1. The standard InChI is InChI=1S/C27H28FIN6O4S/c1-27(9-10-29,20-4-2-3-17(11-20)14-30)35-26(36)39-21-6-5-18(12-21)19-15-32-25(33-16-19)34-24-8-7-22(13-23(24)28)40(31,37)38/h2-4,7-8,11,13,15-16,18,21H,5-6,9-10,12H2,1H3,(H,35,36)(H2,31,37,38)(H,32,33,34)/t18-,21+,27-/m0/s1. The SMILES string of the molecule is C[C@@](CCI)(NC(=O)O[C@@H]1CC[C@H](c2cnc(Nc3ccc(S(N)(=O)=O)cc3F)nc2)C1)c1cccc(C#N)c1. The van der Waals surface area contributed by atoms with Crippen LogP contribution in [-0.2, 0) is 20.3 Å². The summed E-state index contributed by atoms with van der Waals surface area (Å²) in [4.78, 5) is 21.1. The van der Waals surface area contributed by atoms with Gasteiger partial charge in [0.2, 0.25) is 16.0 Å². The Morgan fingerprint density at radius 3 is 2.65 bits per heavy atom. The molecule has 4 rings (SSSR count). The van der Waals surface area contributed by atoms with Crippen LogP contribution in [0.4, 0.5) is 20.8 Å². The Hall–Kier alpha value is -3.35. The van der Waals surface area contributed by atoms with E-state index in [4.69, 9.17) is 9.88 Å². The number of sulfonamides is 1. The average Bonchev–Trinajstić information content (AvgIpc) is 3.38. The average molecular weight is 679 g/mol. The number of rotatable bonds is 9. The molecule has 10 nitrogen and oxygen atoms in total. The van der Waals surface area contributed by atoms with Crippen LogP contribution >= 0.6 is 22.6 Å². The molecule has 2 aromatic carbocycles. The second kappa shape index (κ2) is 12.4. The van der Waals surface area contributed by atoms with E-state index in [2.05, 4.69) is 49.3 Å². The molecule has 1 saturated carbocycles. The van der Waals surface area contributed by atoms with Crippen molar-refractivity contribution in [1.29, 1.82) is 5.26 Å². The number of carbonyl (C=O) groups excluding carboxylic acids is 1. The number of benzene rings is 2. The van der Waals surface area contributed by atoms with Crippen LogP contribution in [0.2, 0.25) is 0 Å². The minimum atomic E-state index is -4.01. The zero-order valence-electron chi connectivity index (χ0n) is 21.6. The molecule has 4 N–H and O–H groups in total. The molecule has 40 heavy (non-hydrogen) atoms. The van der Waals surface area contributed by atoms with Gasteiger partial charge in [-0.05, 0) is 80.0 Å². The number of amides is 1. The Bertz CT molecular complexity index is 1530. The van der Waals surface area contributed by atoms with Crippen LogP contribution in [0.3, 0.4) is 0 Å². The number of nitrogens with zero attached hydrogens (tertiary/aromatic N) is 3. The number of halogens is 2. The first kappa shape index (κ1) is 29.6. The van der Waals surface area contributed by atoms with Gasteiger partial charge in [0, 0.05) is 16.8 Å². The van der Waals surface area contributed by atoms with E-state index in [0.29, 0.717) is 24.8 Å². The van der Waals surface area contributed by atoms with Crippen molar-refractivity contribution in [2.24, 2.45) is 5.14 Å². The smallest absolute Gasteiger partial charge is 0.408 e. The molecule has 1 heterocycles. The van der Waals surface area contributed by atoms with Gasteiger partial charge < -0.3 is 15.4 Å². The molecule has 0 spiro atoms. The van der Waals surface area contributed by atoms with Crippen LogP contribution in [0.15, 0.2) is 59.8 Å². The lowest BCUT2D eigenvalue weighted by atomic mass is 9.88. The number of primary sulfonamides is 1. The van der Waals surface area contributed by atoms with Crippen LogP contribution in [0.1, 0.15) is 55.2 Å². The van der Waals surface area contributed by atoms with Gasteiger partial charge in [0.05, 0.1) is 27.8 Å². The molecule has 210 valence electrons. The summed E-state index contributed by atoms with van der Waals surface area (Å²) in [5, 5.41) is 20.0. The zero-order chi connectivity index (χ0) is 28.9. The van der Waals surface area contributed by atoms with E-state index in [-0.39, 0.29) is 28.6 Å². The Balaban J connectivity index is 1.35. The third-order valence-electron chi connectivity index (χ3n) is 6.92. The molecule has 1 aromatic heterocycles. The summed E-state index contributed by atoms with van der Waals surface area (Å²) in [5.41, 5.74) is 1.56. The van der Waals surface area contributed by atoms with Gasteiger partial charge in [0.15, 0.2) is 0 Å². The number of nitrogens with one attached hydrogen (secondary N) is 2. The Morgan fingerprint density at radius 1 is 1.25 bits per heavy atom. The van der Waals surface area contributed by atoms with Crippen molar-refractivity contribution in [2.45, 2.75) is 55.1 Å². The largest absolute Gasteiger partial charge is 0.446 e. The van der Waals surface area contributed by atoms with Gasteiger partial charge in [-0.25, -0.2) is 32.7 Å². The van der Waals surface area contributed by atoms with Crippen LogP contribution in [0.25, 0.3) is 0 Å². The fourth-order valence-corrected chi connectivity index (χ4v) is 6.27. The molecular weight excluding hydrogens is 650 g/mol. The molecule has 13 heteroatoms. The van der Waals surface area contributed by atoms with Crippen molar-refractivity contribution in [3.05, 3.63) is 77.4 Å². The highest BCUT2D eigenvalue weighted by atomic mass is 127. The highest BCUT2D eigenvalue weighted by Gasteiger charge is 2.33. The molecule has 3 aromatic rings. The van der Waals surface area contributed by atoms with E-state index in [1.807, 2.05) is 13.0 Å². The van der Waals surface area contributed by atoms with E-state index in [9.17, 15) is 22.9 Å². The maximum Gasteiger partial charge on any atom is 0.408 e. The van der Waals surface area contributed by atoms with E-state index in [1.54, 1.807) is 30.6 Å². The number of nitriles is 1. The van der Waals surface area contributed by atoms with Gasteiger partial charge >= 0.3 is 6.09 Å². The normalized spacial score (nSPS) is 18.4. The minimum absolute atomic E-state index is 0.00871. The summed E-state index contributed by atoms with van der Waals surface area (Å²) >= 11 is 2.26. The summed E-state index contributed by atoms with van der Waals surface area (Å²) in [5.74, 6) is -0.572. The Morgan fingerprint density at radius 2 is 2.00 bits per heavy atom. The first-order valence-corrected chi connectivity index (χ1v) is 15.5. The number of hydrogen-bond acceptors (Lipinski definition) is 8. The van der Waals surface area contributed by atoms with Crippen LogP contribution in [0.5, 0.6) is 0 Å². The number of hydrogen-bond donors (Lipinski definition) is 3. The van der Waals surface area contributed by atoms with Gasteiger partial charge in [-0.3, -0.25) is 0 Å². The van der Waals surface area contributed by atoms with Crippen molar-refractivity contribution in [2.75, 3.05) is 9.74 Å². The number of carbonyl (C=O) groups is 1. The molecule has 0 bridgehead atoms. The molecule has 0 saturated heterocycles. The van der Waals surface area contributed by atoms with Crippen LogP contribution in [-0.4, -0.2) is 35.0 Å². The van der Waals surface area contributed by atoms with E-state index in [1.165, 1.54) is 12.1 Å². The summed E-state index contributed by atoms with van der Waals surface area (Å²) in [6.07, 6.45) is 5.25. The van der Waals surface area contributed by atoms with Crippen molar-refractivity contribution in [1.82, 2.24) is 15.3 Å². The molecule has 1 fully saturated rings. The predicted molar refractivity (Wildman–Crippen MR) is 155 cm³/mol. The first-order chi connectivity index (χ1) is 19.0. The zero-order valence-corrected chi connectivity index (χ0v) is 24.6. The number of nitrogens with two attached hydrogens (primary N) is 1. The van der Waals surface area contributed by atoms with Gasteiger partial charge in [-0.15, -0.1) is 0 Å². The topological polar surface area (TPSA) is 160 Å². The monoisotopic (exact) mass is 678 g/mol. The third-order valence-corrected chi connectivity index (χ3v) is 8.37. The van der Waals surface area contributed by atoms with Crippen molar-refractivity contribution in [3.8, 4) is 6.07 Å². The molecule has 0 aliphatic heterocycles. The predicted octanol–water partition coefficient (Wildman–Crippen LogP) is 4.98. The summed E-state index contributed by atoms with van der Waals surface area (Å²) < 4.78 is 43.7. The number of ether oxygens (including phenoxy) is 1. The Labute approximate surface area is 245 Å². The van der Waals surface area contributed by atoms with Gasteiger partial charge in [-0.2, -0.15) is 5.26 Å². The fourth-order valence-electron chi connectivity index (χ4n) is 4.66. The van der Waals surface area contributed by atoms with Crippen molar-refractivity contribution in [3.63, 3.8) is 0 Å². The minimum Gasteiger partial charge on any atom is -0.446 e. The molecule has 0 unspecified atom stereocenters. The number of anilines is 2. The van der Waals surface area contributed by atoms with Crippen LogP contribution in [0, 0.1) is 17.1 Å². The fraction of sp³-hybridized carbons (Fsp3) is 0.333. The van der Waals surface area contributed by atoms with Gasteiger partial charge in [-0.1, -0.05) is 34.7 Å². The second-order valence-corrected chi connectivity index (χ2v) is 12.4. The molecular formula is C27H28FIN6O4S. The highest BCUT2D eigenvalue weighted by molar-refractivity contribution is 14.1. The lowest BCUT2D eigenvalue weighted by molar-refractivity contribution is 0.0906. The lowest BCUT2D eigenvalue weighted by Crippen LogP contribution is -2.45. The molecule has 3 atom stereocenters. The Kier molecular flexibility index (Phi) is 9.22. The summed E-state index contributed by atoms with van der Waals surface area (Å²) in [6.45, 7) is 1.92. The number of aromatic nitrogens is 2. The first-order valence-electron chi connectivity index (χ1n) is 12.5. The molecule has 0 radical (unpaired) electrons. The van der Waals surface area contributed by atoms with Gasteiger partial charge in [0.1, 0.15) is 11.9 Å². The third kappa shape index (κ3) is 7.23. The maximum atomic E-state index is 14.3. The van der Waals surface area contributed by atoms with E-state index < -0.39 is 27.5 Å². The number of alkyl halides is 1. The van der Waals surface area contributed by atoms with Crippen molar-refractivity contribution >= 4 is 50.3 Å². The molecule has 1 amide bonds. The quantitative estimate of drug-likeness (QED) is 0.211. The van der Waals surface area contributed by atoms with Crippen molar-refractivity contribution < 1.29 is 22.3 Å².